The molecule has 1 heterocycles. The van der Waals surface area contributed by atoms with Gasteiger partial charge >= 0.3 is 0 Å². The molecule has 138 valence electrons. The van der Waals surface area contributed by atoms with Crippen molar-refractivity contribution in [2.75, 3.05) is 7.11 Å². The number of ether oxygens (including phenoxy) is 1. The minimum atomic E-state index is -0.220. The van der Waals surface area contributed by atoms with Gasteiger partial charge in [0, 0.05) is 17.7 Å². The molecule has 0 radical (unpaired) electrons. The first kappa shape index (κ1) is 17.7. The third kappa shape index (κ3) is 2.80. The summed E-state index contributed by atoms with van der Waals surface area (Å²) in [5, 5.41) is 0. The lowest BCUT2D eigenvalue weighted by atomic mass is 9.75. The molecule has 0 aromatic heterocycles. The second kappa shape index (κ2) is 6.78. The van der Waals surface area contributed by atoms with E-state index in [4.69, 9.17) is 11.2 Å². The Morgan fingerprint density at radius 2 is 1.85 bits per heavy atom. The van der Waals surface area contributed by atoms with Crippen molar-refractivity contribution < 1.29 is 9.53 Å². The fourth-order valence-corrected chi connectivity index (χ4v) is 4.81. The molecular weight excluding hydrogens is 334 g/mol. The van der Waals surface area contributed by atoms with Crippen molar-refractivity contribution in [1.29, 1.82) is 0 Å². The highest BCUT2D eigenvalue weighted by Gasteiger charge is 2.50. The number of benzene rings is 2. The fourth-order valence-electron chi connectivity index (χ4n) is 4.81. The Hall–Kier alpha value is -2.73. The Morgan fingerprint density at radius 3 is 2.48 bits per heavy atom. The minimum absolute atomic E-state index is 0.142. The van der Waals surface area contributed by atoms with E-state index in [1.165, 1.54) is 6.42 Å². The molecule has 0 unspecified atom stereocenters. The zero-order valence-electron chi connectivity index (χ0n) is 16.0. The highest BCUT2D eigenvalue weighted by molar-refractivity contribution is 6.01. The van der Waals surface area contributed by atoms with Crippen LogP contribution in [0.4, 0.5) is 0 Å². The first-order valence-electron chi connectivity index (χ1n) is 9.66. The Labute approximate surface area is 161 Å². The van der Waals surface area contributed by atoms with Gasteiger partial charge in [-0.2, -0.15) is 0 Å². The van der Waals surface area contributed by atoms with E-state index in [1.807, 2.05) is 37.3 Å². The van der Waals surface area contributed by atoms with E-state index in [2.05, 4.69) is 16.9 Å². The molecule has 0 atom stereocenters. The van der Waals surface area contributed by atoms with Crippen LogP contribution in [-0.4, -0.2) is 17.9 Å². The van der Waals surface area contributed by atoms with E-state index in [-0.39, 0.29) is 11.4 Å². The lowest BCUT2D eigenvalue weighted by molar-refractivity contribution is 0.0386. The van der Waals surface area contributed by atoms with Crippen LogP contribution in [0.3, 0.4) is 0 Å². The molecule has 27 heavy (non-hydrogen) atoms. The monoisotopic (exact) mass is 359 g/mol. The maximum Gasteiger partial charge on any atom is 0.255 e. The van der Waals surface area contributed by atoms with E-state index < -0.39 is 0 Å². The average molecular weight is 359 g/mol. The highest BCUT2D eigenvalue weighted by Crippen LogP contribution is 2.50. The van der Waals surface area contributed by atoms with E-state index in [9.17, 15) is 4.79 Å². The number of methoxy groups -OCH3 is 1. The van der Waals surface area contributed by atoms with Crippen molar-refractivity contribution in [3.63, 3.8) is 0 Å². The Bertz CT molecular complexity index is 915. The molecule has 3 heteroatoms. The molecule has 4 rings (SSSR count). The second-order valence-corrected chi connectivity index (χ2v) is 7.69. The predicted octanol–water partition coefficient (Wildman–Crippen LogP) is 4.80. The third-order valence-corrected chi connectivity index (χ3v) is 6.16. The van der Waals surface area contributed by atoms with E-state index >= 15 is 0 Å². The van der Waals surface area contributed by atoms with Crippen LogP contribution in [0.25, 0.3) is 0 Å². The summed E-state index contributed by atoms with van der Waals surface area (Å²) in [5.41, 5.74) is 4.78. The smallest absolute Gasteiger partial charge is 0.255 e. The van der Waals surface area contributed by atoms with E-state index in [1.54, 1.807) is 7.11 Å². The van der Waals surface area contributed by atoms with Gasteiger partial charge in [-0.15, -0.1) is 6.42 Å². The SMILES string of the molecule is C#Cc1cc(C)c2c(c1)C1(CCCCC1)N(Cc1ccc(OC)cc1)C2=O. The topological polar surface area (TPSA) is 29.5 Å². The largest absolute Gasteiger partial charge is 0.497 e. The molecule has 2 aromatic rings. The maximum atomic E-state index is 13.5. The normalized spacial score (nSPS) is 17.7. The molecule has 1 aliphatic carbocycles. The number of aryl methyl sites for hydroxylation is 1. The van der Waals surface area contributed by atoms with Gasteiger partial charge in [0.15, 0.2) is 0 Å². The van der Waals surface area contributed by atoms with Gasteiger partial charge in [0.1, 0.15) is 5.75 Å². The number of carbonyl (C=O) groups excluding carboxylic acids is 1. The van der Waals surface area contributed by atoms with Gasteiger partial charge in [0.05, 0.1) is 12.6 Å². The molecule has 2 aromatic carbocycles. The number of terminal acetylenes is 1. The van der Waals surface area contributed by atoms with Crippen LogP contribution < -0.4 is 4.74 Å². The van der Waals surface area contributed by atoms with Crippen LogP contribution in [0.2, 0.25) is 0 Å². The molecule has 1 spiro atoms. The summed E-state index contributed by atoms with van der Waals surface area (Å²) >= 11 is 0. The first-order chi connectivity index (χ1) is 13.1. The quantitative estimate of drug-likeness (QED) is 0.737. The number of rotatable bonds is 3. The summed E-state index contributed by atoms with van der Waals surface area (Å²) in [6.07, 6.45) is 11.2. The van der Waals surface area contributed by atoms with Gasteiger partial charge in [-0.3, -0.25) is 4.79 Å². The van der Waals surface area contributed by atoms with Gasteiger partial charge in [-0.1, -0.05) is 37.3 Å². The standard InChI is InChI=1S/C24H25NO2/c1-4-18-14-17(2)22-21(15-18)24(12-6-5-7-13-24)25(23(22)26)16-19-8-10-20(27-3)11-9-19/h1,8-11,14-15H,5-7,12-13,16H2,2-3H3. The number of hydrogen-bond donors (Lipinski definition) is 0. The molecule has 2 aliphatic rings. The molecule has 0 saturated heterocycles. The van der Waals surface area contributed by atoms with Crippen molar-refractivity contribution in [3.8, 4) is 18.1 Å². The van der Waals surface area contributed by atoms with Crippen LogP contribution in [0.5, 0.6) is 5.75 Å². The van der Waals surface area contributed by atoms with Crippen LogP contribution in [0.15, 0.2) is 36.4 Å². The molecule has 1 aliphatic heterocycles. The summed E-state index contributed by atoms with van der Waals surface area (Å²) in [4.78, 5) is 15.6. The van der Waals surface area contributed by atoms with Gasteiger partial charge in [0.25, 0.3) is 5.91 Å². The van der Waals surface area contributed by atoms with Crippen LogP contribution in [0, 0.1) is 19.3 Å². The minimum Gasteiger partial charge on any atom is -0.497 e. The first-order valence-corrected chi connectivity index (χ1v) is 9.66. The highest BCUT2D eigenvalue weighted by atomic mass is 16.5. The molecule has 0 bridgehead atoms. The summed E-state index contributed by atoms with van der Waals surface area (Å²) in [6.45, 7) is 2.62. The number of nitrogens with zero attached hydrogens (tertiary/aromatic N) is 1. The number of amides is 1. The van der Waals surface area contributed by atoms with E-state index in [0.29, 0.717) is 6.54 Å². The second-order valence-electron chi connectivity index (χ2n) is 7.69. The summed E-state index contributed by atoms with van der Waals surface area (Å²) < 4.78 is 5.26. The summed E-state index contributed by atoms with van der Waals surface area (Å²) in [6, 6.07) is 12.1. The lowest BCUT2D eigenvalue weighted by Gasteiger charge is -2.42. The van der Waals surface area contributed by atoms with Crippen molar-refractivity contribution in [1.82, 2.24) is 4.90 Å². The Kier molecular flexibility index (Phi) is 4.44. The number of carbonyl (C=O) groups is 1. The Morgan fingerprint density at radius 1 is 1.15 bits per heavy atom. The average Bonchev–Trinajstić information content (AvgIpc) is 2.92. The van der Waals surface area contributed by atoms with Gasteiger partial charge in [-0.25, -0.2) is 0 Å². The van der Waals surface area contributed by atoms with Crippen LogP contribution in [0.1, 0.15) is 64.7 Å². The molecule has 0 N–H and O–H groups in total. The van der Waals surface area contributed by atoms with Crippen molar-refractivity contribution >= 4 is 5.91 Å². The third-order valence-electron chi connectivity index (χ3n) is 6.16. The fraction of sp³-hybridized carbons (Fsp3) is 0.375. The van der Waals surface area contributed by atoms with Crippen molar-refractivity contribution in [3.05, 3.63) is 64.2 Å². The van der Waals surface area contributed by atoms with Crippen LogP contribution in [-0.2, 0) is 12.1 Å². The molecule has 1 saturated carbocycles. The number of hydrogen-bond acceptors (Lipinski definition) is 2. The molecule has 3 nitrogen and oxygen atoms in total. The Balaban J connectivity index is 1.79. The van der Waals surface area contributed by atoms with Crippen molar-refractivity contribution in [2.24, 2.45) is 0 Å². The zero-order chi connectivity index (χ0) is 19.0. The predicted molar refractivity (Wildman–Crippen MR) is 107 cm³/mol. The van der Waals surface area contributed by atoms with E-state index in [0.717, 1.165) is 59.3 Å². The van der Waals surface area contributed by atoms with Crippen LogP contribution >= 0.6 is 0 Å². The zero-order valence-corrected chi connectivity index (χ0v) is 16.0. The summed E-state index contributed by atoms with van der Waals surface area (Å²) in [5.74, 6) is 3.74. The lowest BCUT2D eigenvalue weighted by Crippen LogP contribution is -2.44. The van der Waals surface area contributed by atoms with Gasteiger partial charge in [0.2, 0.25) is 0 Å². The molecule has 1 fully saturated rings. The molecular formula is C24H25NO2. The molecule has 1 amide bonds. The van der Waals surface area contributed by atoms with Crippen molar-refractivity contribution in [2.45, 2.75) is 51.1 Å². The summed E-state index contributed by atoms with van der Waals surface area (Å²) in [7, 11) is 1.67. The number of fused-ring (bicyclic) bond motifs is 2. The van der Waals surface area contributed by atoms with Gasteiger partial charge < -0.3 is 9.64 Å². The van der Waals surface area contributed by atoms with Gasteiger partial charge in [-0.05, 0) is 60.7 Å². The maximum absolute atomic E-state index is 13.5.